The zero-order chi connectivity index (χ0) is 21.7. The summed E-state index contributed by atoms with van der Waals surface area (Å²) in [5.74, 6) is -7.19. The molecule has 0 unspecified atom stereocenters. The zero-order valence-electron chi connectivity index (χ0n) is 13.8. The summed E-state index contributed by atoms with van der Waals surface area (Å²) >= 11 is 0. The molecule has 12 heteroatoms. The summed E-state index contributed by atoms with van der Waals surface area (Å²) in [7, 11) is 0. The van der Waals surface area contributed by atoms with Gasteiger partial charge in [0.05, 0.1) is 29.5 Å². The summed E-state index contributed by atoms with van der Waals surface area (Å²) in [6, 6.07) is 2.81. The van der Waals surface area contributed by atoms with Crippen molar-refractivity contribution in [1.82, 2.24) is 0 Å². The van der Waals surface area contributed by atoms with Crippen LogP contribution in [-0.4, -0.2) is 66.5 Å². The highest BCUT2D eigenvalue weighted by atomic mass is 16.4. The number of aliphatic carboxylic acids is 3. The van der Waals surface area contributed by atoms with Gasteiger partial charge >= 0.3 is 29.8 Å². The molecule has 0 aliphatic carbocycles. The van der Waals surface area contributed by atoms with Gasteiger partial charge in [0.25, 0.3) is 5.97 Å². The molecule has 0 amide bonds. The molecule has 1 aromatic rings. The van der Waals surface area contributed by atoms with Crippen LogP contribution < -0.4 is 0 Å². The predicted octanol–water partition coefficient (Wildman–Crippen LogP) is 0.808. The highest BCUT2D eigenvalue weighted by Gasteiger charge is 2.17. The highest BCUT2D eigenvalue weighted by Crippen LogP contribution is 2.12. The number of carbonyl (C=O) groups is 6. The Morgan fingerprint density at radius 3 is 1.30 bits per heavy atom. The minimum atomic E-state index is -1.48. The summed E-state index contributed by atoms with van der Waals surface area (Å²) in [6.07, 6.45) is -0.593. The molecular weight excluding hydrogens is 372 g/mol. The number of benzene rings is 1. The predicted molar refractivity (Wildman–Crippen MR) is 85.1 cm³/mol. The van der Waals surface area contributed by atoms with Crippen molar-refractivity contribution in [2.75, 3.05) is 0 Å². The lowest BCUT2D eigenvalue weighted by atomic mass is 10.0. The molecule has 0 fully saturated rings. The van der Waals surface area contributed by atoms with Crippen molar-refractivity contribution >= 4 is 35.8 Å². The van der Waals surface area contributed by atoms with Crippen LogP contribution in [0.1, 0.15) is 50.8 Å². The molecule has 12 nitrogen and oxygen atoms in total. The summed E-state index contributed by atoms with van der Waals surface area (Å²) in [6.45, 7) is 1.08. The molecule has 0 aliphatic rings. The van der Waals surface area contributed by atoms with Crippen LogP contribution >= 0.6 is 0 Å². The normalized spacial score (nSPS) is 8.78. The van der Waals surface area contributed by atoms with Gasteiger partial charge in [-0.2, -0.15) is 0 Å². The first-order valence-electron chi connectivity index (χ1n) is 6.76. The van der Waals surface area contributed by atoms with E-state index in [4.69, 9.17) is 35.4 Å². The van der Waals surface area contributed by atoms with Crippen molar-refractivity contribution < 1.29 is 59.4 Å². The van der Waals surface area contributed by atoms with E-state index < -0.39 is 46.9 Å². The van der Waals surface area contributed by atoms with Crippen molar-refractivity contribution in [3.8, 4) is 0 Å². The van der Waals surface area contributed by atoms with Gasteiger partial charge in [-0.15, -0.1) is 0 Å². The number of hydrogen-bond donors (Lipinski definition) is 6. The van der Waals surface area contributed by atoms with Crippen LogP contribution in [0.4, 0.5) is 0 Å². The Morgan fingerprint density at radius 2 is 1.04 bits per heavy atom. The number of rotatable bonds is 6. The fourth-order valence-corrected chi connectivity index (χ4v) is 1.25. The maximum atomic E-state index is 10.6. The monoisotopic (exact) mass is 388 g/mol. The third-order valence-corrected chi connectivity index (χ3v) is 2.28. The van der Waals surface area contributed by atoms with Crippen LogP contribution in [0.3, 0.4) is 0 Å². The molecule has 27 heavy (non-hydrogen) atoms. The van der Waals surface area contributed by atoms with Crippen molar-refractivity contribution in [1.29, 1.82) is 0 Å². The minimum Gasteiger partial charge on any atom is -0.481 e. The molecule has 148 valence electrons. The maximum absolute atomic E-state index is 10.6. The molecule has 0 heterocycles. The Kier molecular flexibility index (Phi) is 11.6. The van der Waals surface area contributed by atoms with Gasteiger partial charge in [0.1, 0.15) is 0 Å². The Bertz CT molecular complexity index is 716. The molecule has 1 rings (SSSR count). The van der Waals surface area contributed by atoms with Crippen molar-refractivity contribution in [2.45, 2.75) is 19.8 Å². The average Bonchev–Trinajstić information content (AvgIpc) is 2.52. The Labute approximate surface area is 150 Å². The molecule has 0 bridgehead atoms. The van der Waals surface area contributed by atoms with Crippen LogP contribution in [0.25, 0.3) is 0 Å². The van der Waals surface area contributed by atoms with Crippen LogP contribution in [-0.2, 0) is 14.4 Å². The molecule has 0 saturated carbocycles. The van der Waals surface area contributed by atoms with Gasteiger partial charge < -0.3 is 30.6 Å². The van der Waals surface area contributed by atoms with Gasteiger partial charge in [0.15, 0.2) is 0 Å². The van der Waals surface area contributed by atoms with E-state index in [0.29, 0.717) is 0 Å². The van der Waals surface area contributed by atoms with E-state index in [1.807, 2.05) is 0 Å². The molecule has 0 aromatic heterocycles. The largest absolute Gasteiger partial charge is 0.481 e. The maximum Gasteiger partial charge on any atom is 0.336 e. The van der Waals surface area contributed by atoms with Crippen LogP contribution in [0.2, 0.25) is 0 Å². The number of carboxylic acids is 6. The van der Waals surface area contributed by atoms with Crippen LogP contribution in [0, 0.1) is 0 Å². The van der Waals surface area contributed by atoms with Gasteiger partial charge in [-0.1, -0.05) is 0 Å². The fraction of sp³-hybridized carbons (Fsp3) is 0.200. The third-order valence-electron chi connectivity index (χ3n) is 2.28. The topological polar surface area (TPSA) is 224 Å². The quantitative estimate of drug-likeness (QED) is 0.398. The standard InChI is InChI=1S/C9H6O6.C4H6O4.C2H4O2/c10-7(11)4-1-2-5(8(12)13)6(3-4)9(14)15;5-3(6)1-2-4(7)8;1-2(3)4/h1-3H,(H,10,11)(H,12,13)(H,14,15);1-2H2,(H,5,6)(H,7,8);1H3,(H,3,4). The third kappa shape index (κ3) is 13.1. The molecule has 0 radical (unpaired) electrons. The van der Waals surface area contributed by atoms with E-state index in [2.05, 4.69) is 0 Å². The Balaban J connectivity index is 0. The lowest BCUT2D eigenvalue weighted by molar-refractivity contribution is -0.143. The molecule has 1 aromatic carbocycles. The van der Waals surface area contributed by atoms with Gasteiger partial charge in [-0.3, -0.25) is 14.4 Å². The van der Waals surface area contributed by atoms with Crippen molar-refractivity contribution in [3.63, 3.8) is 0 Å². The Hall–Kier alpha value is -3.96. The molecule has 0 saturated heterocycles. The fourth-order valence-electron chi connectivity index (χ4n) is 1.25. The highest BCUT2D eigenvalue weighted by molar-refractivity contribution is 6.03. The molecule has 6 N–H and O–H groups in total. The van der Waals surface area contributed by atoms with Crippen LogP contribution in [0.5, 0.6) is 0 Å². The van der Waals surface area contributed by atoms with E-state index in [1.165, 1.54) is 0 Å². The second kappa shape index (κ2) is 12.4. The first-order valence-corrected chi connectivity index (χ1v) is 6.76. The lowest BCUT2D eigenvalue weighted by Crippen LogP contribution is -2.10. The minimum absolute atomic E-state index is 0.266. The van der Waals surface area contributed by atoms with Gasteiger partial charge in [0.2, 0.25) is 0 Å². The lowest BCUT2D eigenvalue weighted by Gasteiger charge is -2.02. The van der Waals surface area contributed by atoms with Gasteiger partial charge in [0, 0.05) is 6.92 Å². The summed E-state index contributed by atoms with van der Waals surface area (Å²) < 4.78 is 0. The summed E-state index contributed by atoms with van der Waals surface area (Å²) in [5.41, 5.74) is -1.24. The SMILES string of the molecule is CC(=O)O.O=C(O)CCC(=O)O.O=C(O)c1ccc(C(=O)O)c(C(=O)O)c1. The average molecular weight is 388 g/mol. The number of hydrogen-bond acceptors (Lipinski definition) is 6. The zero-order valence-corrected chi connectivity index (χ0v) is 13.8. The molecule has 0 atom stereocenters. The molecule has 0 aliphatic heterocycles. The summed E-state index contributed by atoms with van der Waals surface area (Å²) in [5, 5.41) is 49.1. The summed E-state index contributed by atoms with van der Waals surface area (Å²) in [4.78, 5) is 60.0. The first-order chi connectivity index (χ1) is 12.3. The molecule has 0 spiro atoms. The van der Waals surface area contributed by atoms with Gasteiger partial charge in [-0.25, -0.2) is 14.4 Å². The number of aromatic carboxylic acids is 3. The smallest absolute Gasteiger partial charge is 0.336 e. The van der Waals surface area contributed by atoms with Crippen molar-refractivity contribution in [2.24, 2.45) is 0 Å². The van der Waals surface area contributed by atoms with Crippen molar-refractivity contribution in [3.05, 3.63) is 34.9 Å². The van der Waals surface area contributed by atoms with E-state index >= 15 is 0 Å². The number of carboxylic acid groups (broad SMARTS) is 6. The van der Waals surface area contributed by atoms with E-state index in [1.54, 1.807) is 0 Å². The second-order valence-corrected chi connectivity index (χ2v) is 4.48. The Morgan fingerprint density at radius 1 is 0.667 bits per heavy atom. The van der Waals surface area contributed by atoms with E-state index in [-0.39, 0.29) is 18.4 Å². The second-order valence-electron chi connectivity index (χ2n) is 4.48. The van der Waals surface area contributed by atoms with E-state index in [9.17, 15) is 24.0 Å². The molecular formula is C15H16O12. The van der Waals surface area contributed by atoms with E-state index in [0.717, 1.165) is 25.1 Å². The van der Waals surface area contributed by atoms with Gasteiger partial charge in [-0.05, 0) is 18.2 Å². The first kappa shape index (κ1) is 25.3. The van der Waals surface area contributed by atoms with Crippen LogP contribution in [0.15, 0.2) is 18.2 Å².